The van der Waals surface area contributed by atoms with Crippen LogP contribution in [0.25, 0.3) is 0 Å². The number of hydrogen-bond acceptors (Lipinski definition) is 3. The van der Waals surface area contributed by atoms with Crippen LogP contribution in [0.1, 0.15) is 12.5 Å². The third kappa shape index (κ3) is 2.76. The Bertz CT molecular complexity index is 319. The van der Waals surface area contributed by atoms with Gasteiger partial charge in [0.1, 0.15) is 6.07 Å². The van der Waals surface area contributed by atoms with Crippen molar-refractivity contribution in [1.29, 1.82) is 5.26 Å². The maximum absolute atomic E-state index is 8.86. The molecular formula is C10H11NOS. The van der Waals surface area contributed by atoms with Crippen molar-refractivity contribution in [3.8, 4) is 6.07 Å². The quantitative estimate of drug-likeness (QED) is 0.747. The zero-order valence-electron chi connectivity index (χ0n) is 7.40. The van der Waals surface area contributed by atoms with Crippen LogP contribution >= 0.6 is 11.8 Å². The van der Waals surface area contributed by atoms with Crippen molar-refractivity contribution in [2.45, 2.75) is 17.1 Å². The lowest BCUT2D eigenvalue weighted by Gasteiger charge is -2.07. The average molecular weight is 193 g/mol. The predicted octanol–water partition coefficient (Wildman–Crippen LogP) is 2.03. The summed E-state index contributed by atoms with van der Waals surface area (Å²) in [6.45, 7) is 2.06. The van der Waals surface area contributed by atoms with Crippen molar-refractivity contribution in [2.75, 3.05) is 6.61 Å². The average Bonchev–Trinajstić information content (AvgIpc) is 2.18. The van der Waals surface area contributed by atoms with Crippen LogP contribution in [-0.2, 0) is 0 Å². The molecule has 1 rings (SSSR count). The summed E-state index contributed by atoms with van der Waals surface area (Å²) < 4.78 is 0. The molecule has 0 heterocycles. The zero-order valence-corrected chi connectivity index (χ0v) is 8.21. The SMILES string of the molecule is CC(CO)Sc1ccccc1C#N. The number of aliphatic hydroxyl groups excluding tert-OH is 1. The Morgan fingerprint density at radius 2 is 2.23 bits per heavy atom. The van der Waals surface area contributed by atoms with E-state index in [1.165, 1.54) is 11.8 Å². The predicted molar refractivity (Wildman–Crippen MR) is 53.6 cm³/mol. The first kappa shape index (κ1) is 10.1. The minimum absolute atomic E-state index is 0.129. The third-order valence-electron chi connectivity index (χ3n) is 1.59. The van der Waals surface area contributed by atoms with Gasteiger partial charge < -0.3 is 5.11 Å². The summed E-state index contributed by atoms with van der Waals surface area (Å²) >= 11 is 1.52. The second kappa shape index (κ2) is 4.90. The second-order valence-corrected chi connectivity index (χ2v) is 4.20. The first-order valence-electron chi connectivity index (χ1n) is 4.04. The Kier molecular flexibility index (Phi) is 3.81. The van der Waals surface area contributed by atoms with Gasteiger partial charge in [-0.15, -0.1) is 11.8 Å². The molecule has 0 fully saturated rings. The molecule has 2 nitrogen and oxygen atoms in total. The molecule has 1 atom stereocenters. The van der Waals surface area contributed by atoms with Crippen molar-refractivity contribution in [2.24, 2.45) is 0 Å². The summed E-state index contributed by atoms with van der Waals surface area (Å²) in [5, 5.41) is 17.8. The van der Waals surface area contributed by atoms with E-state index in [9.17, 15) is 0 Å². The van der Waals surface area contributed by atoms with Crippen LogP contribution in [0.3, 0.4) is 0 Å². The number of thioether (sulfide) groups is 1. The van der Waals surface area contributed by atoms with E-state index in [2.05, 4.69) is 6.07 Å². The van der Waals surface area contributed by atoms with Gasteiger partial charge in [-0.1, -0.05) is 19.1 Å². The van der Waals surface area contributed by atoms with Crippen molar-refractivity contribution in [3.05, 3.63) is 29.8 Å². The summed E-state index contributed by atoms with van der Waals surface area (Å²) in [6, 6.07) is 9.54. The highest BCUT2D eigenvalue weighted by atomic mass is 32.2. The van der Waals surface area contributed by atoms with Gasteiger partial charge in [0.15, 0.2) is 0 Å². The van der Waals surface area contributed by atoms with Gasteiger partial charge in [0, 0.05) is 10.1 Å². The van der Waals surface area contributed by atoms with Crippen molar-refractivity contribution in [3.63, 3.8) is 0 Å². The summed E-state index contributed by atoms with van der Waals surface area (Å²) in [7, 11) is 0. The second-order valence-electron chi connectivity index (χ2n) is 2.72. The van der Waals surface area contributed by atoms with Gasteiger partial charge in [-0.3, -0.25) is 0 Å². The summed E-state index contributed by atoms with van der Waals surface area (Å²) in [5.74, 6) is 0. The molecule has 0 saturated heterocycles. The standard InChI is InChI=1S/C10H11NOS/c1-8(7-12)13-10-5-3-2-4-9(10)6-11/h2-5,8,12H,7H2,1H3. The lowest BCUT2D eigenvalue weighted by molar-refractivity contribution is 0.300. The highest BCUT2D eigenvalue weighted by Gasteiger charge is 2.05. The van der Waals surface area contributed by atoms with Gasteiger partial charge >= 0.3 is 0 Å². The molecule has 0 aromatic heterocycles. The fourth-order valence-corrected chi connectivity index (χ4v) is 1.82. The minimum atomic E-state index is 0.129. The van der Waals surface area contributed by atoms with Crippen LogP contribution in [0.5, 0.6) is 0 Å². The van der Waals surface area contributed by atoms with Crippen LogP contribution in [-0.4, -0.2) is 17.0 Å². The zero-order chi connectivity index (χ0) is 9.68. The Morgan fingerprint density at radius 1 is 1.54 bits per heavy atom. The van der Waals surface area contributed by atoms with Gasteiger partial charge in [0.25, 0.3) is 0 Å². The maximum Gasteiger partial charge on any atom is 0.100 e. The number of aliphatic hydroxyl groups is 1. The first-order chi connectivity index (χ1) is 6.27. The van der Waals surface area contributed by atoms with E-state index in [1.54, 1.807) is 6.07 Å². The molecule has 0 amide bonds. The van der Waals surface area contributed by atoms with Crippen LogP contribution in [0.2, 0.25) is 0 Å². The number of hydrogen-bond donors (Lipinski definition) is 1. The van der Waals surface area contributed by atoms with Crippen LogP contribution in [0, 0.1) is 11.3 Å². The fourth-order valence-electron chi connectivity index (χ4n) is 0.916. The lowest BCUT2D eigenvalue weighted by Crippen LogP contribution is -2.01. The van der Waals surface area contributed by atoms with Gasteiger partial charge in [0.2, 0.25) is 0 Å². The molecule has 0 radical (unpaired) electrons. The monoisotopic (exact) mass is 193 g/mol. The topological polar surface area (TPSA) is 44.0 Å². The molecule has 0 aliphatic rings. The largest absolute Gasteiger partial charge is 0.395 e. The fraction of sp³-hybridized carbons (Fsp3) is 0.300. The smallest absolute Gasteiger partial charge is 0.100 e. The highest BCUT2D eigenvalue weighted by Crippen LogP contribution is 2.25. The molecule has 1 unspecified atom stereocenters. The van der Waals surface area contributed by atoms with Crippen molar-refractivity contribution in [1.82, 2.24) is 0 Å². The molecule has 68 valence electrons. The van der Waals surface area contributed by atoms with E-state index < -0.39 is 0 Å². The Hall–Kier alpha value is -0.980. The van der Waals surface area contributed by atoms with Crippen molar-refractivity contribution >= 4 is 11.8 Å². The molecule has 0 bridgehead atoms. The molecule has 1 aromatic carbocycles. The summed E-state index contributed by atoms with van der Waals surface area (Å²) in [5.41, 5.74) is 0.674. The van der Waals surface area contributed by atoms with Crippen LogP contribution in [0.15, 0.2) is 29.2 Å². The number of rotatable bonds is 3. The molecule has 0 spiro atoms. The Labute approximate surface area is 82.2 Å². The number of benzene rings is 1. The Morgan fingerprint density at radius 3 is 2.85 bits per heavy atom. The van der Waals surface area contributed by atoms with Gasteiger partial charge in [-0.2, -0.15) is 5.26 Å². The van der Waals surface area contributed by atoms with Gasteiger partial charge in [-0.25, -0.2) is 0 Å². The number of nitrogens with zero attached hydrogens (tertiary/aromatic N) is 1. The van der Waals surface area contributed by atoms with E-state index in [-0.39, 0.29) is 11.9 Å². The summed E-state index contributed by atoms with van der Waals surface area (Å²) in [6.07, 6.45) is 0. The van der Waals surface area contributed by atoms with E-state index in [0.717, 1.165) is 4.90 Å². The first-order valence-corrected chi connectivity index (χ1v) is 4.92. The molecule has 1 aromatic rings. The molecule has 0 aliphatic heterocycles. The molecule has 0 aliphatic carbocycles. The van der Waals surface area contributed by atoms with Gasteiger partial charge in [0.05, 0.1) is 12.2 Å². The molecule has 0 saturated carbocycles. The highest BCUT2D eigenvalue weighted by molar-refractivity contribution is 8.00. The van der Waals surface area contributed by atoms with E-state index in [1.807, 2.05) is 25.1 Å². The molecule has 13 heavy (non-hydrogen) atoms. The molecule has 3 heteroatoms. The molecular weight excluding hydrogens is 182 g/mol. The maximum atomic E-state index is 8.86. The molecule has 1 N–H and O–H groups in total. The summed E-state index contributed by atoms with van der Waals surface area (Å²) in [4.78, 5) is 0.937. The van der Waals surface area contributed by atoms with E-state index in [0.29, 0.717) is 5.56 Å². The van der Waals surface area contributed by atoms with Crippen LogP contribution in [0.4, 0.5) is 0 Å². The van der Waals surface area contributed by atoms with Crippen LogP contribution < -0.4 is 0 Å². The lowest BCUT2D eigenvalue weighted by atomic mass is 10.2. The minimum Gasteiger partial charge on any atom is -0.395 e. The van der Waals surface area contributed by atoms with E-state index >= 15 is 0 Å². The Balaban J connectivity index is 2.82. The van der Waals surface area contributed by atoms with Crippen molar-refractivity contribution < 1.29 is 5.11 Å². The van der Waals surface area contributed by atoms with E-state index in [4.69, 9.17) is 10.4 Å². The third-order valence-corrected chi connectivity index (χ3v) is 2.75. The number of nitriles is 1. The normalized spacial score (nSPS) is 12.1. The van der Waals surface area contributed by atoms with Gasteiger partial charge in [-0.05, 0) is 12.1 Å².